The Kier molecular flexibility index (Phi) is 9.35. The summed E-state index contributed by atoms with van der Waals surface area (Å²) in [5.74, 6) is 0. The van der Waals surface area contributed by atoms with Crippen LogP contribution < -0.4 is 0 Å². The second kappa shape index (κ2) is 9.44. The van der Waals surface area contributed by atoms with Crippen molar-refractivity contribution in [1.82, 2.24) is 4.90 Å². The highest BCUT2D eigenvalue weighted by Crippen LogP contribution is 2.16. The molecule has 1 saturated heterocycles. The minimum atomic E-state index is 0.630. The highest BCUT2D eigenvalue weighted by Gasteiger charge is 2.23. The van der Waals surface area contributed by atoms with E-state index >= 15 is 0 Å². The predicted octanol–water partition coefficient (Wildman–Crippen LogP) is 1.77. The molecule has 0 aromatic carbocycles. The van der Waals surface area contributed by atoms with Crippen LogP contribution in [0.4, 0.5) is 0 Å². The van der Waals surface area contributed by atoms with Gasteiger partial charge in [-0.25, -0.2) is 0 Å². The molecule has 1 rings (SSSR count). The number of hydrogen-bond donors (Lipinski definition) is 0. The quantitative estimate of drug-likeness (QED) is 0.679. The second-order valence-corrected chi connectivity index (χ2v) is 3.28. The Balaban J connectivity index is 0.000000791. The minimum Gasteiger partial charge on any atom is -0.383 e. The fourth-order valence-corrected chi connectivity index (χ4v) is 1.78. The van der Waals surface area contributed by atoms with Crippen molar-refractivity contribution in [3.63, 3.8) is 0 Å². The summed E-state index contributed by atoms with van der Waals surface area (Å²) >= 11 is 0. The first-order valence-electron chi connectivity index (χ1n) is 5.60. The molecule has 0 radical (unpaired) electrons. The molecule has 1 aliphatic heterocycles. The van der Waals surface area contributed by atoms with Gasteiger partial charge >= 0.3 is 0 Å². The Hall–Kier alpha value is -0.120. The Morgan fingerprint density at radius 2 is 1.93 bits per heavy atom. The van der Waals surface area contributed by atoms with Crippen molar-refractivity contribution in [3.8, 4) is 0 Å². The summed E-state index contributed by atoms with van der Waals surface area (Å²) in [6, 6.07) is 0.630. The zero-order valence-electron chi connectivity index (χ0n) is 10.1. The van der Waals surface area contributed by atoms with E-state index in [1.54, 1.807) is 14.2 Å². The standard InChI is InChI=1S/C9H19NO2.C2H6/c1-11-7-6-10-5-3-4-9(10)8-12-2;1-2/h9H,3-8H2,1-2H3;1-2H3/t9-;/m0./s1. The van der Waals surface area contributed by atoms with E-state index in [1.807, 2.05) is 13.8 Å². The summed E-state index contributed by atoms with van der Waals surface area (Å²) in [5, 5.41) is 0. The van der Waals surface area contributed by atoms with Crippen LogP contribution in [0.2, 0.25) is 0 Å². The maximum atomic E-state index is 5.15. The molecule has 1 heterocycles. The maximum Gasteiger partial charge on any atom is 0.0618 e. The van der Waals surface area contributed by atoms with Gasteiger partial charge in [-0.2, -0.15) is 0 Å². The summed E-state index contributed by atoms with van der Waals surface area (Å²) < 4.78 is 10.2. The molecule has 0 bridgehead atoms. The SMILES string of the molecule is CC.COCCN1CCC[C@H]1COC. The van der Waals surface area contributed by atoms with E-state index < -0.39 is 0 Å². The van der Waals surface area contributed by atoms with Crippen molar-refractivity contribution >= 4 is 0 Å². The summed E-state index contributed by atoms with van der Waals surface area (Å²) in [6.07, 6.45) is 2.58. The fourth-order valence-electron chi connectivity index (χ4n) is 1.78. The average Bonchev–Trinajstić information content (AvgIpc) is 2.66. The van der Waals surface area contributed by atoms with Crippen molar-refractivity contribution in [2.75, 3.05) is 40.5 Å². The van der Waals surface area contributed by atoms with E-state index in [2.05, 4.69) is 4.90 Å². The number of nitrogens with zero attached hydrogens (tertiary/aromatic N) is 1. The van der Waals surface area contributed by atoms with Gasteiger partial charge in [-0.15, -0.1) is 0 Å². The molecule has 3 nitrogen and oxygen atoms in total. The molecule has 3 heteroatoms. The van der Waals surface area contributed by atoms with Crippen molar-refractivity contribution < 1.29 is 9.47 Å². The summed E-state index contributed by atoms with van der Waals surface area (Å²) in [5.41, 5.74) is 0. The molecule has 0 N–H and O–H groups in total. The third-order valence-corrected chi connectivity index (χ3v) is 2.44. The van der Waals surface area contributed by atoms with Gasteiger partial charge < -0.3 is 9.47 Å². The summed E-state index contributed by atoms with van der Waals surface area (Å²) in [6.45, 7) is 7.95. The Morgan fingerprint density at radius 1 is 1.21 bits per heavy atom. The normalized spacial score (nSPS) is 21.9. The highest BCUT2D eigenvalue weighted by molar-refractivity contribution is 4.78. The number of likely N-dealkylation sites (tertiary alicyclic amines) is 1. The molecule has 1 atom stereocenters. The smallest absolute Gasteiger partial charge is 0.0618 e. The number of methoxy groups -OCH3 is 2. The average molecular weight is 203 g/mol. The second-order valence-electron chi connectivity index (χ2n) is 3.28. The van der Waals surface area contributed by atoms with Gasteiger partial charge in [0.2, 0.25) is 0 Å². The van der Waals surface area contributed by atoms with Gasteiger partial charge in [0.15, 0.2) is 0 Å². The number of hydrogen-bond acceptors (Lipinski definition) is 3. The lowest BCUT2D eigenvalue weighted by Gasteiger charge is -2.22. The molecule has 0 aliphatic carbocycles. The zero-order valence-corrected chi connectivity index (χ0v) is 10.1. The van der Waals surface area contributed by atoms with Crippen LogP contribution >= 0.6 is 0 Å². The molecule has 1 aliphatic rings. The summed E-state index contributed by atoms with van der Waals surface area (Å²) in [7, 11) is 3.52. The lowest BCUT2D eigenvalue weighted by atomic mass is 10.2. The molecule has 0 saturated carbocycles. The largest absolute Gasteiger partial charge is 0.383 e. The monoisotopic (exact) mass is 203 g/mol. The first-order valence-corrected chi connectivity index (χ1v) is 5.60. The van der Waals surface area contributed by atoms with Crippen molar-refractivity contribution in [1.29, 1.82) is 0 Å². The van der Waals surface area contributed by atoms with Gasteiger partial charge in [0.1, 0.15) is 0 Å². The van der Waals surface area contributed by atoms with Crippen LogP contribution in [-0.2, 0) is 9.47 Å². The lowest BCUT2D eigenvalue weighted by molar-refractivity contribution is 0.0911. The molecule has 86 valence electrons. The van der Waals surface area contributed by atoms with Gasteiger partial charge in [0.05, 0.1) is 13.2 Å². The molecule has 0 aromatic heterocycles. The van der Waals surface area contributed by atoms with E-state index in [4.69, 9.17) is 9.47 Å². The van der Waals surface area contributed by atoms with E-state index in [-0.39, 0.29) is 0 Å². The van der Waals surface area contributed by atoms with Gasteiger partial charge in [0.25, 0.3) is 0 Å². The van der Waals surface area contributed by atoms with E-state index in [1.165, 1.54) is 19.4 Å². The van der Waals surface area contributed by atoms with Crippen LogP contribution in [-0.4, -0.2) is 51.5 Å². The van der Waals surface area contributed by atoms with Gasteiger partial charge in [0, 0.05) is 26.8 Å². The molecule has 14 heavy (non-hydrogen) atoms. The van der Waals surface area contributed by atoms with Crippen LogP contribution in [0.15, 0.2) is 0 Å². The van der Waals surface area contributed by atoms with Gasteiger partial charge in [-0.1, -0.05) is 13.8 Å². The zero-order chi connectivity index (χ0) is 10.8. The van der Waals surface area contributed by atoms with Crippen LogP contribution in [0, 0.1) is 0 Å². The third-order valence-electron chi connectivity index (χ3n) is 2.44. The van der Waals surface area contributed by atoms with Gasteiger partial charge in [-0.3, -0.25) is 4.90 Å². The molecule has 0 spiro atoms. The predicted molar refractivity (Wildman–Crippen MR) is 59.7 cm³/mol. The number of rotatable bonds is 5. The van der Waals surface area contributed by atoms with E-state index in [0.29, 0.717) is 6.04 Å². The molecule has 0 unspecified atom stereocenters. The highest BCUT2D eigenvalue weighted by atomic mass is 16.5. The molecule has 0 amide bonds. The van der Waals surface area contributed by atoms with Crippen molar-refractivity contribution in [3.05, 3.63) is 0 Å². The minimum absolute atomic E-state index is 0.630. The van der Waals surface area contributed by atoms with Crippen LogP contribution in [0.3, 0.4) is 0 Å². The first-order chi connectivity index (χ1) is 6.88. The first kappa shape index (κ1) is 13.9. The van der Waals surface area contributed by atoms with Crippen molar-refractivity contribution in [2.24, 2.45) is 0 Å². The van der Waals surface area contributed by atoms with Crippen molar-refractivity contribution in [2.45, 2.75) is 32.7 Å². The van der Waals surface area contributed by atoms with Crippen LogP contribution in [0.25, 0.3) is 0 Å². The Labute approximate surface area is 88.4 Å². The van der Waals surface area contributed by atoms with E-state index in [0.717, 1.165) is 19.8 Å². The summed E-state index contributed by atoms with van der Waals surface area (Å²) in [4.78, 5) is 2.45. The topological polar surface area (TPSA) is 21.7 Å². The molecular formula is C11H25NO2. The van der Waals surface area contributed by atoms with Crippen LogP contribution in [0.5, 0.6) is 0 Å². The van der Waals surface area contributed by atoms with E-state index in [9.17, 15) is 0 Å². The lowest BCUT2D eigenvalue weighted by Crippen LogP contribution is -2.35. The molecule has 1 fully saturated rings. The molecular weight excluding hydrogens is 178 g/mol. The molecule has 0 aromatic rings. The Morgan fingerprint density at radius 3 is 2.50 bits per heavy atom. The number of ether oxygens (including phenoxy) is 2. The fraction of sp³-hybridized carbons (Fsp3) is 1.00. The van der Waals surface area contributed by atoms with Gasteiger partial charge in [-0.05, 0) is 19.4 Å². The maximum absolute atomic E-state index is 5.15. The van der Waals surface area contributed by atoms with Crippen LogP contribution in [0.1, 0.15) is 26.7 Å². The Bertz CT molecular complexity index is 120. The third kappa shape index (κ3) is 4.94.